The van der Waals surface area contributed by atoms with Crippen LogP contribution in [0.15, 0.2) is 35.5 Å². The Kier molecular flexibility index (Phi) is 2.73. The molecule has 0 amide bonds. The van der Waals surface area contributed by atoms with Gasteiger partial charge in [-0.25, -0.2) is 0 Å². The number of rotatable bonds is 1. The molecule has 0 spiro atoms. The molecule has 0 fully saturated rings. The Bertz CT molecular complexity index is 366. The second-order valence-electron chi connectivity index (χ2n) is 4.09. The van der Waals surface area contributed by atoms with E-state index in [1.165, 1.54) is 11.1 Å². The van der Waals surface area contributed by atoms with Crippen molar-refractivity contribution in [3.05, 3.63) is 35.5 Å². The van der Waals surface area contributed by atoms with E-state index in [9.17, 15) is 4.79 Å². The zero-order valence-corrected chi connectivity index (χ0v) is 8.81. The van der Waals surface area contributed by atoms with E-state index in [0.29, 0.717) is 6.42 Å². The summed E-state index contributed by atoms with van der Waals surface area (Å²) in [4.78, 5) is 12.9. The highest BCUT2D eigenvalue weighted by atomic mass is 16.4. The first-order valence-electron chi connectivity index (χ1n) is 5.15. The van der Waals surface area contributed by atoms with Gasteiger partial charge in [-0.3, -0.25) is 9.69 Å². The van der Waals surface area contributed by atoms with E-state index in [-0.39, 0.29) is 6.04 Å². The summed E-state index contributed by atoms with van der Waals surface area (Å²) in [5.74, 6) is -0.727. The molecule has 1 aliphatic carbocycles. The number of aliphatic carboxylic acids is 1. The summed E-state index contributed by atoms with van der Waals surface area (Å²) in [6.07, 6.45) is 9.74. The largest absolute Gasteiger partial charge is 0.480 e. The van der Waals surface area contributed by atoms with Crippen molar-refractivity contribution in [3.63, 3.8) is 0 Å². The maximum atomic E-state index is 11.0. The first-order chi connectivity index (χ1) is 7.18. The van der Waals surface area contributed by atoms with Crippen molar-refractivity contribution in [2.24, 2.45) is 0 Å². The SMILES string of the molecule is CN1CC2=C(C=CC=CC2)CC1C(=O)O. The summed E-state index contributed by atoms with van der Waals surface area (Å²) >= 11 is 0. The third-order valence-electron chi connectivity index (χ3n) is 3.03. The fraction of sp³-hybridized carbons (Fsp3) is 0.417. The summed E-state index contributed by atoms with van der Waals surface area (Å²) < 4.78 is 0. The Balaban J connectivity index is 2.25. The van der Waals surface area contributed by atoms with Gasteiger partial charge in [0.1, 0.15) is 6.04 Å². The van der Waals surface area contributed by atoms with Crippen LogP contribution in [0.4, 0.5) is 0 Å². The van der Waals surface area contributed by atoms with Crippen LogP contribution in [-0.4, -0.2) is 35.6 Å². The van der Waals surface area contributed by atoms with E-state index >= 15 is 0 Å². The van der Waals surface area contributed by atoms with Crippen molar-refractivity contribution in [3.8, 4) is 0 Å². The second kappa shape index (κ2) is 4.03. The van der Waals surface area contributed by atoms with Gasteiger partial charge in [0.05, 0.1) is 0 Å². The summed E-state index contributed by atoms with van der Waals surface area (Å²) in [6.45, 7) is 0.765. The topological polar surface area (TPSA) is 40.5 Å². The van der Waals surface area contributed by atoms with Crippen molar-refractivity contribution in [1.29, 1.82) is 0 Å². The Morgan fingerprint density at radius 3 is 3.07 bits per heavy atom. The van der Waals surface area contributed by atoms with E-state index in [4.69, 9.17) is 5.11 Å². The average molecular weight is 205 g/mol. The minimum Gasteiger partial charge on any atom is -0.480 e. The number of carboxylic acid groups (broad SMARTS) is 1. The van der Waals surface area contributed by atoms with Crippen LogP contribution in [0.3, 0.4) is 0 Å². The van der Waals surface area contributed by atoms with Crippen LogP contribution in [0, 0.1) is 0 Å². The van der Waals surface area contributed by atoms with E-state index < -0.39 is 5.97 Å². The molecule has 0 bridgehead atoms. The first-order valence-corrected chi connectivity index (χ1v) is 5.15. The van der Waals surface area contributed by atoms with Crippen LogP contribution in [0.2, 0.25) is 0 Å². The van der Waals surface area contributed by atoms with E-state index in [0.717, 1.165) is 13.0 Å². The van der Waals surface area contributed by atoms with Gasteiger partial charge in [0.25, 0.3) is 0 Å². The molecule has 0 saturated carbocycles. The lowest BCUT2D eigenvalue weighted by Crippen LogP contribution is -2.42. The Hall–Kier alpha value is -1.35. The molecule has 0 aromatic carbocycles. The minimum atomic E-state index is -0.727. The molecule has 80 valence electrons. The van der Waals surface area contributed by atoms with Crippen LogP contribution in [0.25, 0.3) is 0 Å². The van der Waals surface area contributed by atoms with E-state index in [2.05, 4.69) is 6.08 Å². The fourth-order valence-corrected chi connectivity index (χ4v) is 2.14. The maximum Gasteiger partial charge on any atom is 0.321 e. The third-order valence-corrected chi connectivity index (χ3v) is 3.03. The number of carboxylic acids is 1. The molecule has 0 saturated heterocycles. The molecule has 1 heterocycles. The van der Waals surface area contributed by atoms with E-state index in [1.54, 1.807) is 0 Å². The molecule has 3 nitrogen and oxygen atoms in total. The molecule has 1 unspecified atom stereocenters. The summed E-state index contributed by atoms with van der Waals surface area (Å²) in [5.41, 5.74) is 2.55. The summed E-state index contributed by atoms with van der Waals surface area (Å²) in [7, 11) is 1.88. The molecular formula is C12H15NO2. The van der Waals surface area contributed by atoms with Crippen LogP contribution < -0.4 is 0 Å². The monoisotopic (exact) mass is 205 g/mol. The molecule has 1 N–H and O–H groups in total. The van der Waals surface area contributed by atoms with Crippen LogP contribution >= 0.6 is 0 Å². The second-order valence-corrected chi connectivity index (χ2v) is 4.09. The van der Waals surface area contributed by atoms with Crippen LogP contribution in [-0.2, 0) is 4.79 Å². The highest BCUT2D eigenvalue weighted by Gasteiger charge is 2.29. The molecule has 0 aromatic rings. The summed E-state index contributed by atoms with van der Waals surface area (Å²) in [5, 5.41) is 9.07. The minimum absolute atomic E-state index is 0.369. The summed E-state index contributed by atoms with van der Waals surface area (Å²) in [6, 6.07) is -0.369. The van der Waals surface area contributed by atoms with E-state index in [1.807, 2.05) is 30.2 Å². The van der Waals surface area contributed by atoms with Gasteiger partial charge in [0.15, 0.2) is 0 Å². The lowest BCUT2D eigenvalue weighted by molar-refractivity contribution is -0.142. The van der Waals surface area contributed by atoms with Gasteiger partial charge in [-0.05, 0) is 31.0 Å². The fourth-order valence-electron chi connectivity index (χ4n) is 2.14. The maximum absolute atomic E-state index is 11.0. The molecule has 15 heavy (non-hydrogen) atoms. The Morgan fingerprint density at radius 1 is 1.53 bits per heavy atom. The smallest absolute Gasteiger partial charge is 0.321 e. The Morgan fingerprint density at radius 2 is 2.33 bits per heavy atom. The van der Waals surface area contributed by atoms with Crippen molar-refractivity contribution in [2.75, 3.05) is 13.6 Å². The van der Waals surface area contributed by atoms with Crippen LogP contribution in [0.5, 0.6) is 0 Å². The van der Waals surface area contributed by atoms with Gasteiger partial charge >= 0.3 is 5.97 Å². The van der Waals surface area contributed by atoms with Gasteiger partial charge in [0, 0.05) is 6.54 Å². The van der Waals surface area contributed by atoms with Crippen molar-refractivity contribution in [2.45, 2.75) is 18.9 Å². The number of hydrogen-bond donors (Lipinski definition) is 1. The van der Waals surface area contributed by atoms with Gasteiger partial charge in [0.2, 0.25) is 0 Å². The van der Waals surface area contributed by atoms with Gasteiger partial charge in [-0.2, -0.15) is 0 Å². The number of nitrogens with zero attached hydrogens (tertiary/aromatic N) is 1. The van der Waals surface area contributed by atoms with Crippen molar-refractivity contribution < 1.29 is 9.90 Å². The van der Waals surface area contributed by atoms with Crippen molar-refractivity contribution >= 4 is 5.97 Å². The lowest BCUT2D eigenvalue weighted by Gasteiger charge is -2.31. The molecule has 0 radical (unpaired) electrons. The lowest BCUT2D eigenvalue weighted by atomic mass is 9.93. The zero-order valence-electron chi connectivity index (χ0n) is 8.81. The molecule has 1 atom stereocenters. The quantitative estimate of drug-likeness (QED) is 0.706. The predicted octanol–water partition coefficient (Wildman–Crippen LogP) is 1.59. The molecule has 1 aliphatic heterocycles. The Labute approximate surface area is 89.4 Å². The molecular weight excluding hydrogens is 190 g/mol. The molecule has 3 heteroatoms. The standard InChI is InChI=1S/C12H15NO2/c1-13-8-10-6-4-2-3-5-9(10)7-11(13)12(14)15/h2-5,11H,6-8H2,1H3,(H,14,15). The number of likely N-dealkylation sites (N-methyl/N-ethyl adjacent to an activating group) is 1. The molecule has 0 aromatic heterocycles. The highest BCUT2D eigenvalue weighted by Crippen LogP contribution is 2.27. The van der Waals surface area contributed by atoms with Gasteiger partial charge in [-0.15, -0.1) is 0 Å². The van der Waals surface area contributed by atoms with Gasteiger partial charge in [-0.1, -0.05) is 24.3 Å². The number of allylic oxidation sites excluding steroid dienone is 4. The average Bonchev–Trinajstić information content (AvgIpc) is 2.40. The molecule has 2 rings (SSSR count). The highest BCUT2D eigenvalue weighted by molar-refractivity contribution is 5.74. The normalized spacial score (nSPS) is 26.3. The first kappa shape index (κ1) is 10.2. The van der Waals surface area contributed by atoms with Crippen LogP contribution in [0.1, 0.15) is 12.8 Å². The predicted molar refractivity (Wildman–Crippen MR) is 58.6 cm³/mol. The van der Waals surface area contributed by atoms with Crippen molar-refractivity contribution in [1.82, 2.24) is 4.90 Å². The number of hydrogen-bond acceptors (Lipinski definition) is 2. The third kappa shape index (κ3) is 2.02. The molecule has 2 aliphatic rings. The van der Waals surface area contributed by atoms with Gasteiger partial charge < -0.3 is 5.11 Å². The zero-order chi connectivity index (χ0) is 10.8. The number of carbonyl (C=O) groups is 1.